The van der Waals surface area contributed by atoms with Gasteiger partial charge in [-0.15, -0.1) is 0 Å². The molecule has 2 N–H and O–H groups in total. The lowest BCUT2D eigenvalue weighted by molar-refractivity contribution is -0.137. The van der Waals surface area contributed by atoms with Gasteiger partial charge in [0.2, 0.25) is 0 Å². The molecule has 0 radical (unpaired) electrons. The summed E-state index contributed by atoms with van der Waals surface area (Å²) in [6.07, 6.45) is -4.43. The average Bonchev–Trinajstić information content (AvgIpc) is 3.64. The molecule has 2 aliphatic heterocycles. The highest BCUT2D eigenvalue weighted by Gasteiger charge is 2.31. The standard InChI is InChI=1S/C19H14F4N2O.C18H14F2N2O/c1-10-9-24-18(26)16-7-12-6-14(20)8-15(17(12)25(10)16)11-2-4-13(5-3-11)19(21,22)23;1-10-9-21-18(23)16-7-12-6-14(20)8-15(17(12)22(10)16)11-3-2-4-13(19)5-11/h2-8,10H,9H2,1H3,(H,24,26);2-8,10H,9H2,1H3,(H,21,23)/t2*10-/m11/s1. The van der Waals surface area contributed by atoms with Gasteiger partial charge in [0.25, 0.3) is 11.8 Å². The van der Waals surface area contributed by atoms with Crippen LogP contribution in [0.5, 0.6) is 0 Å². The van der Waals surface area contributed by atoms with E-state index in [1.165, 1.54) is 48.5 Å². The van der Waals surface area contributed by atoms with E-state index in [-0.39, 0.29) is 29.7 Å². The van der Waals surface area contributed by atoms with Gasteiger partial charge in [0.1, 0.15) is 28.8 Å². The number of rotatable bonds is 2. The van der Waals surface area contributed by atoms with Crippen molar-refractivity contribution in [2.45, 2.75) is 32.1 Å². The van der Waals surface area contributed by atoms with Crippen LogP contribution >= 0.6 is 0 Å². The van der Waals surface area contributed by atoms with Gasteiger partial charge < -0.3 is 19.8 Å². The molecule has 0 saturated carbocycles. The second-order valence-corrected chi connectivity index (χ2v) is 12.3. The molecule has 2 atom stereocenters. The van der Waals surface area contributed by atoms with Crippen molar-refractivity contribution >= 4 is 33.6 Å². The molecule has 0 fully saturated rings. The Morgan fingerprint density at radius 1 is 0.612 bits per heavy atom. The van der Waals surface area contributed by atoms with Gasteiger partial charge in [0, 0.05) is 47.1 Å². The number of alkyl halides is 3. The van der Waals surface area contributed by atoms with Crippen LogP contribution in [0.2, 0.25) is 0 Å². The highest BCUT2D eigenvalue weighted by molar-refractivity contribution is 6.05. The molecule has 4 aromatic carbocycles. The van der Waals surface area contributed by atoms with Crippen LogP contribution < -0.4 is 10.6 Å². The van der Waals surface area contributed by atoms with Gasteiger partial charge in [-0.25, -0.2) is 13.2 Å². The highest BCUT2D eigenvalue weighted by Crippen LogP contribution is 2.38. The Balaban J connectivity index is 0.000000155. The molecule has 0 bridgehead atoms. The van der Waals surface area contributed by atoms with Crippen molar-refractivity contribution < 1.29 is 35.9 Å². The van der Waals surface area contributed by atoms with Crippen LogP contribution in [0.3, 0.4) is 0 Å². The molecule has 6 aromatic rings. The van der Waals surface area contributed by atoms with E-state index in [1.54, 1.807) is 24.3 Å². The van der Waals surface area contributed by atoms with E-state index in [0.29, 0.717) is 63.0 Å². The molecule has 2 amide bonds. The van der Waals surface area contributed by atoms with Crippen LogP contribution in [-0.2, 0) is 6.18 Å². The van der Waals surface area contributed by atoms with Gasteiger partial charge in [-0.3, -0.25) is 9.59 Å². The van der Waals surface area contributed by atoms with Crippen molar-refractivity contribution in [2.75, 3.05) is 13.1 Å². The second-order valence-electron chi connectivity index (χ2n) is 12.3. The van der Waals surface area contributed by atoms with Crippen molar-refractivity contribution in [3.8, 4) is 22.3 Å². The third-order valence-electron chi connectivity index (χ3n) is 8.92. The summed E-state index contributed by atoms with van der Waals surface area (Å²) >= 11 is 0. The van der Waals surface area contributed by atoms with E-state index >= 15 is 0 Å². The zero-order valence-corrected chi connectivity index (χ0v) is 26.1. The number of nitrogens with zero attached hydrogens (tertiary/aromatic N) is 2. The predicted octanol–water partition coefficient (Wildman–Crippen LogP) is 8.66. The topological polar surface area (TPSA) is 68.1 Å². The second kappa shape index (κ2) is 11.9. The number of carbonyl (C=O) groups excluding carboxylic acids is 2. The van der Waals surface area contributed by atoms with E-state index in [2.05, 4.69) is 10.6 Å². The molecule has 0 unspecified atom stereocenters. The normalized spacial score (nSPS) is 17.2. The number of benzene rings is 4. The number of carbonyl (C=O) groups is 2. The number of amides is 2. The minimum absolute atomic E-state index is 0.0398. The molecular formula is C37H28F6N4O2. The zero-order chi connectivity index (χ0) is 34.8. The van der Waals surface area contributed by atoms with Crippen molar-refractivity contribution in [3.63, 3.8) is 0 Å². The lowest BCUT2D eigenvalue weighted by Crippen LogP contribution is -2.37. The molecule has 12 heteroatoms. The third-order valence-corrected chi connectivity index (χ3v) is 8.92. The summed E-state index contributed by atoms with van der Waals surface area (Å²) in [4.78, 5) is 24.2. The van der Waals surface area contributed by atoms with Crippen molar-refractivity contribution in [1.82, 2.24) is 19.8 Å². The fraction of sp³-hybridized carbons (Fsp3) is 0.189. The maximum atomic E-state index is 14.1. The molecular weight excluding hydrogens is 646 g/mol. The number of hydrogen-bond acceptors (Lipinski definition) is 2. The number of aromatic nitrogens is 2. The molecule has 4 heterocycles. The Morgan fingerprint density at radius 2 is 1.10 bits per heavy atom. The summed E-state index contributed by atoms with van der Waals surface area (Å²) in [5.74, 6) is -1.73. The van der Waals surface area contributed by atoms with E-state index in [0.717, 1.165) is 17.6 Å². The van der Waals surface area contributed by atoms with E-state index in [9.17, 15) is 35.9 Å². The molecule has 2 aliphatic rings. The van der Waals surface area contributed by atoms with Crippen LogP contribution in [0.15, 0.2) is 84.9 Å². The smallest absolute Gasteiger partial charge is 0.349 e. The first kappa shape index (κ1) is 32.0. The van der Waals surface area contributed by atoms with E-state index in [4.69, 9.17) is 0 Å². The molecule has 0 spiro atoms. The average molecular weight is 675 g/mol. The SMILES string of the molecule is C[C@@H]1CNC(=O)c2cc3cc(F)cc(-c4ccc(C(F)(F)F)cc4)c3n21.C[C@@H]1CNC(=O)c2cc3cc(F)cc(-c4cccc(F)c4)c3n21. The number of nitrogens with one attached hydrogen (secondary N) is 2. The molecule has 6 nitrogen and oxygen atoms in total. The quantitative estimate of drug-likeness (QED) is 0.181. The number of fused-ring (bicyclic) bond motifs is 6. The van der Waals surface area contributed by atoms with Crippen LogP contribution in [0, 0.1) is 17.5 Å². The van der Waals surface area contributed by atoms with E-state index < -0.39 is 23.4 Å². The maximum Gasteiger partial charge on any atom is 0.416 e. The largest absolute Gasteiger partial charge is 0.416 e. The third kappa shape index (κ3) is 5.70. The molecule has 0 aliphatic carbocycles. The summed E-state index contributed by atoms with van der Waals surface area (Å²) in [6.45, 7) is 4.85. The molecule has 49 heavy (non-hydrogen) atoms. The fourth-order valence-corrected chi connectivity index (χ4v) is 6.72. The summed E-state index contributed by atoms with van der Waals surface area (Å²) in [5, 5.41) is 6.77. The minimum atomic E-state index is -4.43. The van der Waals surface area contributed by atoms with Crippen LogP contribution in [-0.4, -0.2) is 34.0 Å². The first-order valence-electron chi connectivity index (χ1n) is 15.5. The molecule has 2 aromatic heterocycles. The Bertz CT molecular complexity index is 2290. The van der Waals surface area contributed by atoms with Crippen molar-refractivity contribution in [3.05, 3.63) is 119 Å². The molecule has 250 valence electrons. The highest BCUT2D eigenvalue weighted by atomic mass is 19.4. The number of hydrogen-bond donors (Lipinski definition) is 2. The number of halogens is 6. The molecule has 0 saturated heterocycles. The van der Waals surface area contributed by atoms with Gasteiger partial charge in [0.05, 0.1) is 16.6 Å². The summed E-state index contributed by atoms with van der Waals surface area (Å²) in [5.41, 5.74) is 3.65. The molecule has 8 rings (SSSR count). The first-order valence-corrected chi connectivity index (χ1v) is 15.5. The summed E-state index contributed by atoms with van der Waals surface area (Å²) in [6, 6.07) is 19.4. The van der Waals surface area contributed by atoms with Crippen LogP contribution in [0.1, 0.15) is 52.5 Å². The fourth-order valence-electron chi connectivity index (χ4n) is 6.72. The summed E-state index contributed by atoms with van der Waals surface area (Å²) < 4.78 is 83.9. The summed E-state index contributed by atoms with van der Waals surface area (Å²) in [7, 11) is 0. The predicted molar refractivity (Wildman–Crippen MR) is 174 cm³/mol. The Kier molecular flexibility index (Phi) is 7.76. The maximum absolute atomic E-state index is 14.1. The van der Waals surface area contributed by atoms with Gasteiger partial charge in [0.15, 0.2) is 0 Å². The lowest BCUT2D eigenvalue weighted by Gasteiger charge is -2.25. The van der Waals surface area contributed by atoms with Gasteiger partial charge in [-0.2, -0.15) is 13.2 Å². The van der Waals surface area contributed by atoms with Crippen LogP contribution in [0.4, 0.5) is 26.3 Å². The zero-order valence-electron chi connectivity index (χ0n) is 26.1. The first-order chi connectivity index (χ1) is 23.3. The minimum Gasteiger partial charge on any atom is -0.349 e. The van der Waals surface area contributed by atoms with Gasteiger partial charge in [-0.05, 0) is 85.6 Å². The lowest BCUT2D eigenvalue weighted by atomic mass is 10.0. The van der Waals surface area contributed by atoms with Crippen LogP contribution in [0.25, 0.3) is 44.1 Å². The Labute approximate surface area is 275 Å². The monoisotopic (exact) mass is 674 g/mol. The Morgan fingerprint density at radius 3 is 1.57 bits per heavy atom. The Hall–Kier alpha value is -5.52. The van der Waals surface area contributed by atoms with E-state index in [1.807, 2.05) is 23.0 Å². The van der Waals surface area contributed by atoms with Gasteiger partial charge >= 0.3 is 6.18 Å². The van der Waals surface area contributed by atoms with Gasteiger partial charge in [-0.1, -0.05) is 24.3 Å². The van der Waals surface area contributed by atoms with Crippen molar-refractivity contribution in [2.24, 2.45) is 0 Å². The van der Waals surface area contributed by atoms with Crippen molar-refractivity contribution in [1.29, 1.82) is 0 Å².